The van der Waals surface area contributed by atoms with Gasteiger partial charge in [-0.2, -0.15) is 0 Å². The summed E-state index contributed by atoms with van der Waals surface area (Å²) in [7, 11) is 0. The van der Waals surface area contributed by atoms with Crippen LogP contribution >= 0.6 is 0 Å². The van der Waals surface area contributed by atoms with Gasteiger partial charge in [0.05, 0.1) is 6.61 Å². The van der Waals surface area contributed by atoms with Crippen LogP contribution in [0.25, 0.3) is 6.08 Å². The largest absolute Gasteiger partial charge is 0.459 e. The second-order valence-corrected chi connectivity index (χ2v) is 4.24. The summed E-state index contributed by atoms with van der Waals surface area (Å²) in [6, 6.07) is 9.70. The van der Waals surface area contributed by atoms with E-state index in [0.29, 0.717) is 18.8 Å². The van der Waals surface area contributed by atoms with Crippen LogP contribution in [0.4, 0.5) is 0 Å². The molecule has 106 valence electrons. The summed E-state index contributed by atoms with van der Waals surface area (Å²) in [5.74, 6) is -0.337. The van der Waals surface area contributed by atoms with E-state index in [4.69, 9.17) is 9.47 Å². The standard InChI is InChI=1S/C9H8O.C7H10O3/c10-8-4-7-9-5-2-1-3-6-9;1-5(2)7(8)10-4-6-3-9-6/h1-8H;6H,1,3-4H2,2H3. The third kappa shape index (κ3) is 7.28. The van der Waals surface area contributed by atoms with Gasteiger partial charge in [-0.3, -0.25) is 4.79 Å². The maximum Gasteiger partial charge on any atom is 0.333 e. The highest BCUT2D eigenvalue weighted by molar-refractivity contribution is 5.86. The van der Waals surface area contributed by atoms with E-state index in [9.17, 15) is 9.59 Å². The Balaban J connectivity index is 0.000000200. The van der Waals surface area contributed by atoms with Crippen molar-refractivity contribution in [2.45, 2.75) is 13.0 Å². The number of epoxide rings is 1. The normalized spacial score (nSPS) is 15.9. The van der Waals surface area contributed by atoms with Crippen LogP contribution in [-0.2, 0) is 19.1 Å². The SMILES string of the molecule is C=C(C)C(=O)OCC1CO1.O=CC=Cc1ccccc1. The molecule has 0 spiro atoms. The minimum absolute atomic E-state index is 0.142. The average Bonchev–Trinajstić information content (AvgIpc) is 3.28. The Morgan fingerprint density at radius 2 is 2.10 bits per heavy atom. The molecule has 0 saturated carbocycles. The van der Waals surface area contributed by atoms with Crippen molar-refractivity contribution < 1.29 is 19.1 Å². The Morgan fingerprint density at radius 1 is 1.45 bits per heavy atom. The fraction of sp³-hybridized carbons (Fsp3) is 0.250. The average molecular weight is 274 g/mol. The van der Waals surface area contributed by atoms with Crippen molar-refractivity contribution in [2.75, 3.05) is 13.2 Å². The van der Waals surface area contributed by atoms with Crippen LogP contribution in [0.1, 0.15) is 12.5 Å². The fourth-order valence-corrected chi connectivity index (χ4v) is 1.17. The molecule has 0 N–H and O–H groups in total. The number of allylic oxidation sites excluding steroid dienone is 1. The first-order valence-electron chi connectivity index (χ1n) is 6.24. The van der Waals surface area contributed by atoms with Crippen molar-refractivity contribution in [2.24, 2.45) is 0 Å². The van der Waals surface area contributed by atoms with Gasteiger partial charge < -0.3 is 9.47 Å². The number of ether oxygens (including phenoxy) is 2. The lowest BCUT2D eigenvalue weighted by atomic mass is 10.2. The lowest BCUT2D eigenvalue weighted by Gasteiger charge is -1.99. The Hall–Kier alpha value is -2.20. The molecule has 1 atom stereocenters. The summed E-state index contributed by atoms with van der Waals surface area (Å²) < 4.78 is 9.60. The van der Waals surface area contributed by atoms with Gasteiger partial charge in [-0.05, 0) is 18.6 Å². The van der Waals surface area contributed by atoms with Crippen molar-refractivity contribution in [3.8, 4) is 0 Å². The maximum absolute atomic E-state index is 10.7. The summed E-state index contributed by atoms with van der Waals surface area (Å²) in [6.45, 7) is 6.14. The monoisotopic (exact) mass is 274 g/mol. The van der Waals surface area contributed by atoms with Crippen LogP contribution in [0.2, 0.25) is 0 Å². The number of hydrogen-bond acceptors (Lipinski definition) is 4. The van der Waals surface area contributed by atoms with Crippen molar-refractivity contribution in [3.63, 3.8) is 0 Å². The molecule has 4 heteroatoms. The Bertz CT molecular complexity index is 473. The predicted molar refractivity (Wildman–Crippen MR) is 77.1 cm³/mol. The first-order valence-corrected chi connectivity index (χ1v) is 6.24. The smallest absolute Gasteiger partial charge is 0.333 e. The predicted octanol–water partition coefficient (Wildman–Crippen LogP) is 2.40. The topological polar surface area (TPSA) is 55.9 Å². The van der Waals surface area contributed by atoms with Crippen molar-refractivity contribution in [1.82, 2.24) is 0 Å². The van der Waals surface area contributed by atoms with E-state index in [1.807, 2.05) is 30.3 Å². The molecule has 20 heavy (non-hydrogen) atoms. The second-order valence-electron chi connectivity index (χ2n) is 4.24. The molecule has 1 aromatic rings. The van der Waals surface area contributed by atoms with Crippen LogP contribution in [-0.4, -0.2) is 31.6 Å². The minimum Gasteiger partial charge on any atom is -0.459 e. The molecule has 0 amide bonds. The highest BCUT2D eigenvalue weighted by atomic mass is 16.6. The summed E-state index contributed by atoms with van der Waals surface area (Å²) in [4.78, 5) is 20.6. The van der Waals surface area contributed by atoms with Gasteiger partial charge in [-0.15, -0.1) is 0 Å². The van der Waals surface area contributed by atoms with E-state index in [0.717, 1.165) is 11.8 Å². The van der Waals surface area contributed by atoms with E-state index in [2.05, 4.69) is 6.58 Å². The zero-order valence-corrected chi connectivity index (χ0v) is 11.5. The molecular weight excluding hydrogens is 256 g/mol. The number of rotatable bonds is 5. The summed E-state index contributed by atoms with van der Waals surface area (Å²) in [6.07, 6.45) is 4.17. The molecule has 1 aliphatic heterocycles. The molecule has 1 saturated heterocycles. The molecule has 0 radical (unpaired) electrons. The molecule has 1 aliphatic rings. The zero-order chi connectivity index (χ0) is 14.8. The molecule has 2 rings (SSSR count). The summed E-state index contributed by atoms with van der Waals surface area (Å²) >= 11 is 0. The highest BCUT2D eigenvalue weighted by Crippen LogP contribution is 2.09. The highest BCUT2D eigenvalue weighted by Gasteiger charge is 2.24. The van der Waals surface area contributed by atoms with Gasteiger partial charge in [-0.25, -0.2) is 4.79 Å². The van der Waals surface area contributed by atoms with Crippen molar-refractivity contribution in [3.05, 3.63) is 54.1 Å². The first kappa shape index (κ1) is 15.9. The maximum atomic E-state index is 10.7. The van der Waals surface area contributed by atoms with Crippen LogP contribution in [0.3, 0.4) is 0 Å². The quantitative estimate of drug-likeness (QED) is 0.358. The number of aldehydes is 1. The van der Waals surface area contributed by atoms with Gasteiger partial charge in [0.25, 0.3) is 0 Å². The third-order valence-corrected chi connectivity index (χ3v) is 2.32. The van der Waals surface area contributed by atoms with E-state index >= 15 is 0 Å². The van der Waals surface area contributed by atoms with E-state index < -0.39 is 0 Å². The van der Waals surface area contributed by atoms with Gasteiger partial charge >= 0.3 is 5.97 Å². The van der Waals surface area contributed by atoms with Crippen molar-refractivity contribution >= 4 is 18.3 Å². The van der Waals surface area contributed by atoms with E-state index in [1.165, 1.54) is 6.08 Å². The van der Waals surface area contributed by atoms with Crippen LogP contribution in [0, 0.1) is 0 Å². The molecule has 1 heterocycles. The Labute approximate surface area is 118 Å². The molecular formula is C16H18O4. The molecule has 1 unspecified atom stereocenters. The number of esters is 1. The molecule has 1 aromatic carbocycles. The second kappa shape index (κ2) is 8.82. The lowest BCUT2D eigenvalue weighted by Crippen LogP contribution is -2.09. The lowest BCUT2D eigenvalue weighted by molar-refractivity contribution is -0.139. The van der Waals surface area contributed by atoms with Crippen LogP contribution in [0.15, 0.2) is 48.6 Å². The number of benzene rings is 1. The third-order valence-electron chi connectivity index (χ3n) is 2.32. The van der Waals surface area contributed by atoms with Gasteiger partial charge in [0.1, 0.15) is 19.0 Å². The van der Waals surface area contributed by atoms with Gasteiger partial charge in [0.15, 0.2) is 0 Å². The minimum atomic E-state index is -0.337. The van der Waals surface area contributed by atoms with E-state index in [1.54, 1.807) is 13.0 Å². The Kier molecular flexibility index (Phi) is 7.00. The number of carbonyl (C=O) groups excluding carboxylic acids is 2. The van der Waals surface area contributed by atoms with Gasteiger partial charge in [-0.1, -0.05) is 43.0 Å². The molecule has 1 fully saturated rings. The van der Waals surface area contributed by atoms with Gasteiger partial charge in [0.2, 0.25) is 0 Å². The molecule has 0 aliphatic carbocycles. The first-order chi connectivity index (χ1) is 9.63. The molecule has 0 bridgehead atoms. The van der Waals surface area contributed by atoms with Crippen LogP contribution in [0.5, 0.6) is 0 Å². The number of hydrogen-bond donors (Lipinski definition) is 0. The summed E-state index contributed by atoms with van der Waals surface area (Å²) in [5.41, 5.74) is 1.48. The van der Waals surface area contributed by atoms with E-state index in [-0.39, 0.29) is 12.1 Å². The summed E-state index contributed by atoms with van der Waals surface area (Å²) in [5, 5.41) is 0. The molecule has 4 nitrogen and oxygen atoms in total. The fourth-order valence-electron chi connectivity index (χ4n) is 1.17. The van der Waals surface area contributed by atoms with Crippen LogP contribution < -0.4 is 0 Å². The van der Waals surface area contributed by atoms with Crippen molar-refractivity contribution in [1.29, 1.82) is 0 Å². The Morgan fingerprint density at radius 3 is 2.60 bits per heavy atom. The van der Waals surface area contributed by atoms with Gasteiger partial charge in [0, 0.05) is 5.57 Å². The molecule has 0 aromatic heterocycles. The number of carbonyl (C=O) groups is 2. The zero-order valence-electron chi connectivity index (χ0n) is 11.5.